The van der Waals surface area contributed by atoms with Gasteiger partial charge in [0.2, 0.25) is 0 Å². The maximum atomic E-state index is 12.6. The van der Waals surface area contributed by atoms with Crippen molar-refractivity contribution in [3.63, 3.8) is 0 Å². The summed E-state index contributed by atoms with van der Waals surface area (Å²) in [6, 6.07) is 8.30. The highest BCUT2D eigenvalue weighted by atomic mass is 19.4. The van der Waals surface area contributed by atoms with Crippen LogP contribution in [-0.2, 0) is 12.7 Å². The van der Waals surface area contributed by atoms with Crippen LogP contribution in [0.2, 0.25) is 0 Å². The van der Waals surface area contributed by atoms with Gasteiger partial charge in [0.1, 0.15) is 10.7 Å². The van der Waals surface area contributed by atoms with Gasteiger partial charge in [-0.3, -0.25) is 15.0 Å². The lowest BCUT2D eigenvalue weighted by Crippen LogP contribution is -2.32. The first kappa shape index (κ1) is 17.5. The molecule has 134 valence electrons. The van der Waals surface area contributed by atoms with Gasteiger partial charge in [-0.05, 0) is 55.6 Å². The van der Waals surface area contributed by atoms with Crippen molar-refractivity contribution in [3.05, 3.63) is 63.4 Å². The summed E-state index contributed by atoms with van der Waals surface area (Å²) in [6.07, 6.45) is -2.66. The zero-order valence-corrected chi connectivity index (χ0v) is 13.3. The molecule has 2 aromatic rings. The Morgan fingerprint density at radius 2 is 1.76 bits per heavy atom. The Morgan fingerprint density at radius 1 is 1.12 bits per heavy atom. The van der Waals surface area contributed by atoms with Crippen molar-refractivity contribution in [2.75, 3.05) is 13.1 Å². The summed E-state index contributed by atoms with van der Waals surface area (Å²) in [5.74, 6) is 0.499. The molecule has 1 aromatic carbocycles. The summed E-state index contributed by atoms with van der Waals surface area (Å²) in [6.45, 7) is 2.02. The maximum Gasteiger partial charge on any atom is 0.433 e. The van der Waals surface area contributed by atoms with E-state index >= 15 is 0 Å². The number of likely N-dealkylation sites (tertiary alicyclic amines) is 1. The van der Waals surface area contributed by atoms with Gasteiger partial charge >= 0.3 is 12.1 Å². The summed E-state index contributed by atoms with van der Waals surface area (Å²) in [4.78, 5) is 12.2. The molecule has 0 radical (unpaired) electrons. The third-order valence-corrected chi connectivity index (χ3v) is 4.50. The second-order valence-electron chi connectivity index (χ2n) is 6.17. The van der Waals surface area contributed by atoms with Gasteiger partial charge < -0.3 is 4.42 Å². The average Bonchev–Trinajstić information content (AvgIpc) is 3.04. The molecule has 1 aromatic heterocycles. The van der Waals surface area contributed by atoms with E-state index in [2.05, 4.69) is 4.90 Å². The fraction of sp³-hybridized carbons (Fsp3) is 0.412. The van der Waals surface area contributed by atoms with E-state index in [0.29, 0.717) is 12.3 Å². The van der Waals surface area contributed by atoms with E-state index in [9.17, 15) is 23.3 Å². The van der Waals surface area contributed by atoms with E-state index in [1.54, 1.807) is 18.2 Å². The summed E-state index contributed by atoms with van der Waals surface area (Å²) < 4.78 is 43.0. The number of hydrogen-bond donors (Lipinski definition) is 0. The van der Waals surface area contributed by atoms with Crippen LogP contribution in [0.1, 0.15) is 35.6 Å². The second kappa shape index (κ2) is 6.87. The van der Waals surface area contributed by atoms with Crippen molar-refractivity contribution in [2.24, 2.45) is 0 Å². The Kier molecular flexibility index (Phi) is 4.80. The van der Waals surface area contributed by atoms with Gasteiger partial charge in [-0.2, -0.15) is 13.2 Å². The molecule has 3 rings (SSSR count). The highest BCUT2D eigenvalue weighted by molar-refractivity contribution is 5.27. The summed E-state index contributed by atoms with van der Waals surface area (Å²) in [5.41, 5.74) is 0.286. The molecular formula is C17H17F3N2O3. The number of benzene rings is 1. The fourth-order valence-corrected chi connectivity index (χ4v) is 3.14. The minimum absolute atomic E-state index is 0.226. The molecule has 0 N–H and O–H groups in total. The van der Waals surface area contributed by atoms with Crippen molar-refractivity contribution >= 4 is 5.88 Å². The lowest BCUT2D eigenvalue weighted by Gasteiger charge is -2.31. The maximum absolute atomic E-state index is 12.6. The van der Waals surface area contributed by atoms with Gasteiger partial charge in [0.05, 0.1) is 18.2 Å². The summed E-state index contributed by atoms with van der Waals surface area (Å²) >= 11 is 0. The van der Waals surface area contributed by atoms with Gasteiger partial charge in [0.15, 0.2) is 0 Å². The number of furan rings is 1. The SMILES string of the molecule is O=[N+]([O-])c1ccc(CN2CCC(c3ccc(C(F)(F)F)cc3)CC2)o1. The van der Waals surface area contributed by atoms with E-state index in [1.165, 1.54) is 6.07 Å². The zero-order chi connectivity index (χ0) is 18.0. The Bertz CT molecular complexity index is 732. The third kappa shape index (κ3) is 4.19. The fourth-order valence-electron chi connectivity index (χ4n) is 3.14. The Labute approximate surface area is 142 Å². The van der Waals surface area contributed by atoms with Crippen LogP contribution in [0.25, 0.3) is 0 Å². The van der Waals surface area contributed by atoms with Crippen molar-refractivity contribution in [2.45, 2.75) is 31.5 Å². The van der Waals surface area contributed by atoms with E-state index in [4.69, 9.17) is 4.42 Å². The number of alkyl halides is 3. The van der Waals surface area contributed by atoms with Crippen LogP contribution < -0.4 is 0 Å². The van der Waals surface area contributed by atoms with E-state index in [-0.39, 0.29) is 11.8 Å². The molecule has 1 aliphatic heterocycles. The molecule has 0 bridgehead atoms. The minimum Gasteiger partial charge on any atom is -0.404 e. The molecule has 5 nitrogen and oxygen atoms in total. The number of nitrogens with zero attached hydrogens (tertiary/aromatic N) is 2. The molecule has 0 aliphatic carbocycles. The molecular weight excluding hydrogens is 337 g/mol. The predicted molar refractivity (Wildman–Crippen MR) is 84.1 cm³/mol. The number of nitro groups is 1. The van der Waals surface area contributed by atoms with Crippen molar-refractivity contribution < 1.29 is 22.5 Å². The van der Waals surface area contributed by atoms with Crippen LogP contribution in [0.15, 0.2) is 40.8 Å². The standard InChI is InChI=1S/C17H17F3N2O3/c18-17(19,20)14-3-1-12(2-4-14)13-7-9-21(10-8-13)11-15-5-6-16(25-15)22(23)24/h1-6,13H,7-11H2. The van der Waals surface area contributed by atoms with E-state index in [1.807, 2.05) is 0 Å². The number of hydrogen-bond acceptors (Lipinski definition) is 4. The zero-order valence-electron chi connectivity index (χ0n) is 13.3. The lowest BCUT2D eigenvalue weighted by atomic mass is 9.89. The van der Waals surface area contributed by atoms with Crippen LogP contribution in [0.3, 0.4) is 0 Å². The molecule has 0 unspecified atom stereocenters. The van der Waals surface area contributed by atoms with Crippen molar-refractivity contribution in [1.82, 2.24) is 4.90 Å². The first-order valence-corrected chi connectivity index (χ1v) is 7.95. The second-order valence-corrected chi connectivity index (χ2v) is 6.17. The topological polar surface area (TPSA) is 59.5 Å². The van der Waals surface area contributed by atoms with Gasteiger partial charge in [0.25, 0.3) is 0 Å². The molecule has 1 saturated heterocycles. The van der Waals surface area contributed by atoms with Crippen LogP contribution in [0, 0.1) is 10.1 Å². The van der Waals surface area contributed by atoms with Gasteiger partial charge in [-0.15, -0.1) is 0 Å². The Morgan fingerprint density at radius 3 is 2.28 bits per heavy atom. The van der Waals surface area contributed by atoms with Crippen LogP contribution in [-0.4, -0.2) is 22.9 Å². The van der Waals surface area contributed by atoms with Gasteiger partial charge in [-0.25, -0.2) is 0 Å². The number of piperidine rings is 1. The molecule has 0 spiro atoms. The Balaban J connectivity index is 1.55. The van der Waals surface area contributed by atoms with Crippen LogP contribution in [0.4, 0.5) is 19.1 Å². The van der Waals surface area contributed by atoms with Crippen LogP contribution >= 0.6 is 0 Å². The smallest absolute Gasteiger partial charge is 0.404 e. The molecule has 0 saturated carbocycles. The Hall–Kier alpha value is -2.35. The lowest BCUT2D eigenvalue weighted by molar-refractivity contribution is -0.402. The highest BCUT2D eigenvalue weighted by Gasteiger charge is 2.30. The van der Waals surface area contributed by atoms with Crippen molar-refractivity contribution in [1.29, 1.82) is 0 Å². The minimum atomic E-state index is -4.31. The van der Waals surface area contributed by atoms with E-state index in [0.717, 1.165) is 43.6 Å². The molecule has 0 amide bonds. The molecule has 1 fully saturated rings. The highest BCUT2D eigenvalue weighted by Crippen LogP contribution is 2.33. The largest absolute Gasteiger partial charge is 0.433 e. The summed E-state index contributed by atoms with van der Waals surface area (Å²) in [7, 11) is 0. The molecule has 2 heterocycles. The van der Waals surface area contributed by atoms with Gasteiger partial charge in [0, 0.05) is 0 Å². The molecule has 8 heteroatoms. The monoisotopic (exact) mass is 354 g/mol. The third-order valence-electron chi connectivity index (χ3n) is 4.50. The van der Waals surface area contributed by atoms with Crippen LogP contribution in [0.5, 0.6) is 0 Å². The molecule has 25 heavy (non-hydrogen) atoms. The van der Waals surface area contributed by atoms with E-state index < -0.39 is 16.7 Å². The first-order chi connectivity index (χ1) is 11.8. The van der Waals surface area contributed by atoms with Gasteiger partial charge in [-0.1, -0.05) is 12.1 Å². The average molecular weight is 354 g/mol. The van der Waals surface area contributed by atoms with Crippen molar-refractivity contribution in [3.8, 4) is 0 Å². The number of halogens is 3. The predicted octanol–water partition coefficient (Wildman–Crippen LogP) is 4.59. The normalized spacial score (nSPS) is 16.9. The number of rotatable bonds is 4. The summed E-state index contributed by atoms with van der Waals surface area (Å²) in [5, 5.41) is 10.6. The first-order valence-electron chi connectivity index (χ1n) is 7.95. The quantitative estimate of drug-likeness (QED) is 0.595. The molecule has 0 atom stereocenters. The molecule has 1 aliphatic rings.